The molecule has 1 saturated heterocycles. The summed E-state index contributed by atoms with van der Waals surface area (Å²) in [5.41, 5.74) is 3.63. The van der Waals surface area contributed by atoms with E-state index in [9.17, 15) is 9.59 Å². The van der Waals surface area contributed by atoms with Crippen LogP contribution in [0.1, 0.15) is 40.1 Å². The van der Waals surface area contributed by atoms with Gasteiger partial charge in [-0.3, -0.25) is 9.59 Å². The molecule has 5 aromatic rings. The fourth-order valence-electron chi connectivity index (χ4n) is 5.78. The Morgan fingerprint density at radius 3 is 2.56 bits per heavy atom. The number of ketones is 1. The number of piperidine rings is 1. The van der Waals surface area contributed by atoms with Gasteiger partial charge in [0.15, 0.2) is 11.6 Å². The van der Waals surface area contributed by atoms with Crippen LogP contribution < -0.4 is 9.47 Å². The fraction of sp³-hybridized carbons (Fsp3) is 0.226. The number of amides is 1. The topological polar surface area (TPSA) is 123 Å². The number of aromatic amines is 1. The third-order valence-electron chi connectivity index (χ3n) is 7.99. The lowest BCUT2D eigenvalue weighted by atomic mass is 9.82. The highest BCUT2D eigenvalue weighted by atomic mass is 16.5. The number of carbonyl (C=O) groups is 2. The molecule has 41 heavy (non-hydrogen) atoms. The molecular formula is C31H26N6O4. The maximum atomic E-state index is 13.7. The van der Waals surface area contributed by atoms with Crippen molar-refractivity contribution >= 4 is 22.6 Å². The molecule has 1 fully saturated rings. The number of nitrogens with zero attached hydrogens (tertiary/aromatic N) is 5. The molecule has 0 bridgehead atoms. The van der Waals surface area contributed by atoms with Gasteiger partial charge in [-0.15, -0.1) is 5.10 Å². The van der Waals surface area contributed by atoms with Crippen molar-refractivity contribution in [2.24, 2.45) is 0 Å². The van der Waals surface area contributed by atoms with E-state index in [0.717, 1.165) is 33.3 Å². The molecule has 7 rings (SSSR count). The summed E-state index contributed by atoms with van der Waals surface area (Å²) in [6.07, 6.45) is 1.36. The van der Waals surface area contributed by atoms with Gasteiger partial charge in [0.05, 0.1) is 24.6 Å². The molecule has 1 N–H and O–H groups in total. The minimum atomic E-state index is -0.640. The van der Waals surface area contributed by atoms with Crippen molar-refractivity contribution in [3.8, 4) is 34.0 Å². The zero-order valence-corrected chi connectivity index (χ0v) is 22.3. The highest BCUT2D eigenvalue weighted by molar-refractivity contribution is 6.02. The lowest BCUT2D eigenvalue weighted by Gasteiger charge is -2.44. The standard InChI is InChI=1S/C31H26N6O4/c1-40-21-8-9-25-23(16-21)22(19-5-3-2-4-6-19)17-26(32-25)30(39)37-13-11-31(12-14-37)18-27(38)24-15-20(7-10-28(24)41-31)29-33-35-36-34-29/h2-10,15-17H,11-14,18H2,1H3,(H,33,34,35,36). The van der Waals surface area contributed by atoms with Crippen LogP contribution in [-0.4, -0.2) is 68.0 Å². The number of fused-ring (bicyclic) bond motifs is 2. The maximum Gasteiger partial charge on any atom is 0.272 e. The van der Waals surface area contributed by atoms with Gasteiger partial charge in [-0.05, 0) is 64.0 Å². The van der Waals surface area contributed by atoms with E-state index in [2.05, 4.69) is 20.6 Å². The Labute approximate surface area is 235 Å². The van der Waals surface area contributed by atoms with Gasteiger partial charge >= 0.3 is 0 Å². The molecule has 10 nitrogen and oxygen atoms in total. The number of pyridine rings is 1. The Morgan fingerprint density at radius 1 is 0.976 bits per heavy atom. The van der Waals surface area contributed by atoms with E-state index in [0.29, 0.717) is 48.8 Å². The van der Waals surface area contributed by atoms with Gasteiger partial charge in [0.25, 0.3) is 5.91 Å². The van der Waals surface area contributed by atoms with E-state index in [1.54, 1.807) is 24.1 Å². The van der Waals surface area contributed by atoms with Crippen LogP contribution >= 0.6 is 0 Å². The zero-order valence-electron chi connectivity index (χ0n) is 22.3. The lowest BCUT2D eigenvalue weighted by molar-refractivity contribution is -0.00582. The van der Waals surface area contributed by atoms with Crippen LogP contribution in [0, 0.1) is 0 Å². The first-order chi connectivity index (χ1) is 20.0. The highest BCUT2D eigenvalue weighted by Crippen LogP contribution is 2.41. The number of hydrogen-bond acceptors (Lipinski definition) is 8. The van der Waals surface area contributed by atoms with Gasteiger partial charge < -0.3 is 14.4 Å². The van der Waals surface area contributed by atoms with Gasteiger partial charge in [0.2, 0.25) is 0 Å². The van der Waals surface area contributed by atoms with E-state index < -0.39 is 5.60 Å². The molecular weight excluding hydrogens is 520 g/mol. The van der Waals surface area contributed by atoms with Crippen LogP contribution in [-0.2, 0) is 0 Å². The van der Waals surface area contributed by atoms with Crippen molar-refractivity contribution in [2.75, 3.05) is 20.2 Å². The maximum absolute atomic E-state index is 13.7. The summed E-state index contributed by atoms with van der Waals surface area (Å²) < 4.78 is 11.9. The lowest BCUT2D eigenvalue weighted by Crippen LogP contribution is -2.52. The van der Waals surface area contributed by atoms with E-state index in [1.165, 1.54) is 0 Å². The van der Waals surface area contributed by atoms with Gasteiger partial charge in [-0.2, -0.15) is 0 Å². The number of H-pyrrole nitrogens is 1. The second-order valence-corrected chi connectivity index (χ2v) is 10.4. The van der Waals surface area contributed by atoms with Gasteiger partial charge in [-0.25, -0.2) is 10.1 Å². The fourth-order valence-corrected chi connectivity index (χ4v) is 5.78. The Bertz CT molecular complexity index is 1780. The predicted octanol–water partition coefficient (Wildman–Crippen LogP) is 4.73. The quantitative estimate of drug-likeness (QED) is 0.343. The molecule has 4 heterocycles. The van der Waals surface area contributed by atoms with Crippen LogP contribution in [0.15, 0.2) is 72.8 Å². The Kier molecular flexibility index (Phi) is 5.96. The number of hydrogen-bond donors (Lipinski definition) is 1. The minimum Gasteiger partial charge on any atom is -0.497 e. The van der Waals surface area contributed by atoms with Gasteiger partial charge in [-0.1, -0.05) is 30.3 Å². The van der Waals surface area contributed by atoms with E-state index in [1.807, 2.05) is 60.7 Å². The van der Waals surface area contributed by atoms with Crippen LogP contribution in [0.4, 0.5) is 0 Å². The molecule has 0 unspecified atom stereocenters. The van der Waals surface area contributed by atoms with Gasteiger partial charge in [0.1, 0.15) is 22.8 Å². The number of likely N-dealkylation sites (tertiary alicyclic amines) is 1. The Morgan fingerprint density at radius 2 is 1.80 bits per heavy atom. The van der Waals surface area contributed by atoms with Crippen molar-refractivity contribution in [3.63, 3.8) is 0 Å². The van der Waals surface area contributed by atoms with Crippen LogP contribution in [0.3, 0.4) is 0 Å². The first-order valence-corrected chi connectivity index (χ1v) is 13.5. The molecule has 3 aromatic carbocycles. The number of rotatable bonds is 4. The van der Waals surface area contributed by atoms with E-state index >= 15 is 0 Å². The van der Waals surface area contributed by atoms with Crippen molar-refractivity contribution in [3.05, 3.63) is 84.1 Å². The normalized spacial score (nSPS) is 15.9. The number of benzene rings is 3. The number of nitrogens with one attached hydrogen (secondary N) is 1. The number of ether oxygens (including phenoxy) is 2. The first kappa shape index (κ1) is 24.9. The van der Waals surface area contributed by atoms with Crippen molar-refractivity contribution in [2.45, 2.75) is 24.9 Å². The van der Waals surface area contributed by atoms with Crippen LogP contribution in [0.2, 0.25) is 0 Å². The summed E-state index contributed by atoms with van der Waals surface area (Å²) in [5.74, 6) is 1.65. The smallest absolute Gasteiger partial charge is 0.272 e. The minimum absolute atomic E-state index is 0.0134. The molecule has 2 aliphatic heterocycles. The summed E-state index contributed by atoms with van der Waals surface area (Å²) in [6.45, 7) is 0.929. The highest BCUT2D eigenvalue weighted by Gasteiger charge is 2.44. The molecule has 1 amide bonds. The number of tetrazole rings is 1. The largest absolute Gasteiger partial charge is 0.497 e. The second kappa shape index (κ2) is 9.81. The van der Waals surface area contributed by atoms with Crippen LogP contribution in [0.25, 0.3) is 33.4 Å². The molecule has 0 aliphatic carbocycles. The molecule has 10 heteroatoms. The van der Waals surface area contributed by atoms with Crippen molar-refractivity contribution < 1.29 is 19.1 Å². The number of Topliss-reactive ketones (excluding diaryl/α,β-unsaturated/α-hetero) is 1. The average Bonchev–Trinajstić information content (AvgIpc) is 3.56. The summed E-state index contributed by atoms with van der Waals surface area (Å²) >= 11 is 0. The monoisotopic (exact) mass is 546 g/mol. The number of methoxy groups -OCH3 is 1. The summed E-state index contributed by atoms with van der Waals surface area (Å²) in [7, 11) is 1.63. The summed E-state index contributed by atoms with van der Waals surface area (Å²) in [6, 6.07) is 22.9. The summed E-state index contributed by atoms with van der Waals surface area (Å²) in [4.78, 5) is 33.5. The third-order valence-corrected chi connectivity index (χ3v) is 7.99. The number of aromatic nitrogens is 5. The first-order valence-electron chi connectivity index (χ1n) is 13.5. The average molecular weight is 547 g/mol. The zero-order chi connectivity index (χ0) is 28.0. The predicted molar refractivity (Wildman–Crippen MR) is 151 cm³/mol. The van der Waals surface area contributed by atoms with E-state index in [-0.39, 0.29) is 18.1 Å². The molecule has 204 valence electrons. The van der Waals surface area contributed by atoms with E-state index in [4.69, 9.17) is 14.5 Å². The van der Waals surface area contributed by atoms with Crippen molar-refractivity contribution in [1.29, 1.82) is 0 Å². The number of carbonyl (C=O) groups excluding carboxylic acids is 2. The second-order valence-electron chi connectivity index (χ2n) is 10.4. The van der Waals surface area contributed by atoms with Gasteiger partial charge in [0, 0.05) is 36.9 Å². The molecule has 2 aromatic heterocycles. The third kappa shape index (κ3) is 4.47. The Hall–Kier alpha value is -5.12. The molecule has 1 spiro atoms. The summed E-state index contributed by atoms with van der Waals surface area (Å²) in [5, 5.41) is 14.8. The SMILES string of the molecule is COc1ccc2nc(C(=O)N3CCC4(CC3)CC(=O)c3cc(-c5nnn[nH]5)ccc3O4)cc(-c3ccccc3)c2c1. The molecule has 0 radical (unpaired) electrons. The molecule has 0 saturated carbocycles. The molecule has 0 atom stereocenters. The Balaban J connectivity index is 1.13. The van der Waals surface area contributed by atoms with Crippen LogP contribution in [0.5, 0.6) is 11.5 Å². The molecule has 2 aliphatic rings. The van der Waals surface area contributed by atoms with Crippen molar-refractivity contribution in [1.82, 2.24) is 30.5 Å².